The van der Waals surface area contributed by atoms with Crippen LogP contribution in [-0.4, -0.2) is 100 Å². The molecule has 1 saturated carbocycles. The molecule has 2 saturated heterocycles. The Morgan fingerprint density at radius 2 is 2.05 bits per heavy atom. The highest BCUT2D eigenvalue weighted by Crippen LogP contribution is 2.31. The number of amides is 2. The second-order valence-electron chi connectivity index (χ2n) is 9.58. The van der Waals surface area contributed by atoms with Gasteiger partial charge in [-0.05, 0) is 31.3 Å². The molecule has 12 nitrogen and oxygen atoms in total. The number of ether oxygens (including phenoxy) is 1. The molecular weight excluding hydrogens is 505 g/mol. The number of nitrogens with one attached hydrogen (secondary N) is 2. The van der Waals surface area contributed by atoms with Crippen molar-refractivity contribution in [2.45, 2.75) is 45.1 Å². The number of hydrazine groups is 1. The fraction of sp³-hybridized carbons (Fsp3) is 0.739. The van der Waals surface area contributed by atoms with E-state index < -0.39 is 17.6 Å². The SMILES string of the molecule is CSO.Cc1nc(NNC(=O)C(CC2CCCC2)CN(O)C=O)c(F)c(N2CCN3CCOCC3C2)n1. The van der Waals surface area contributed by atoms with Crippen LogP contribution in [0.25, 0.3) is 0 Å². The summed E-state index contributed by atoms with van der Waals surface area (Å²) in [5, 5.41) is 10.1. The maximum atomic E-state index is 15.4. The first-order valence-corrected chi connectivity index (χ1v) is 13.8. The third-order valence-corrected chi connectivity index (χ3v) is 6.98. The van der Waals surface area contributed by atoms with Gasteiger partial charge in [0.1, 0.15) is 5.82 Å². The second kappa shape index (κ2) is 14.6. The number of piperazine rings is 1. The largest absolute Gasteiger partial charge is 0.378 e. The number of fused-ring (bicyclic) bond motifs is 1. The summed E-state index contributed by atoms with van der Waals surface area (Å²) in [5.74, 6) is -0.884. The van der Waals surface area contributed by atoms with E-state index >= 15 is 4.39 Å². The Morgan fingerprint density at radius 3 is 2.76 bits per heavy atom. The minimum absolute atomic E-state index is 0.117. The quantitative estimate of drug-likeness (QED) is 0.157. The Kier molecular flexibility index (Phi) is 11.6. The lowest BCUT2D eigenvalue weighted by atomic mass is 9.92. The molecule has 0 aromatic carbocycles. The van der Waals surface area contributed by atoms with Crippen LogP contribution < -0.4 is 15.8 Å². The van der Waals surface area contributed by atoms with Crippen LogP contribution in [0.3, 0.4) is 0 Å². The van der Waals surface area contributed by atoms with E-state index in [1.165, 1.54) is 0 Å². The number of halogens is 1. The molecule has 1 aliphatic carbocycles. The first-order chi connectivity index (χ1) is 17.9. The van der Waals surface area contributed by atoms with Crippen LogP contribution in [0.1, 0.15) is 37.9 Å². The number of carbonyl (C=O) groups is 2. The summed E-state index contributed by atoms with van der Waals surface area (Å²) in [5.41, 5.74) is 5.14. The fourth-order valence-electron chi connectivity index (χ4n) is 5.18. The fourth-order valence-corrected chi connectivity index (χ4v) is 5.18. The highest BCUT2D eigenvalue weighted by molar-refractivity contribution is 7.93. The van der Waals surface area contributed by atoms with Crippen molar-refractivity contribution >= 4 is 36.0 Å². The molecule has 3 heterocycles. The van der Waals surface area contributed by atoms with Gasteiger partial charge in [-0.3, -0.25) is 30.5 Å². The number of hydrogen-bond acceptors (Lipinski definition) is 11. The Morgan fingerprint density at radius 1 is 1.32 bits per heavy atom. The van der Waals surface area contributed by atoms with Crippen LogP contribution >= 0.6 is 12.0 Å². The number of anilines is 2. The van der Waals surface area contributed by atoms with E-state index in [0.29, 0.717) is 49.5 Å². The van der Waals surface area contributed by atoms with Gasteiger partial charge in [0.25, 0.3) is 0 Å². The van der Waals surface area contributed by atoms with Crippen LogP contribution in [0.5, 0.6) is 0 Å². The van der Waals surface area contributed by atoms with Crippen molar-refractivity contribution in [2.24, 2.45) is 11.8 Å². The van der Waals surface area contributed by atoms with Gasteiger partial charge in [0.05, 0.1) is 31.7 Å². The lowest BCUT2D eigenvalue weighted by Gasteiger charge is -2.44. The molecule has 0 spiro atoms. The van der Waals surface area contributed by atoms with E-state index in [2.05, 4.69) is 25.7 Å². The second-order valence-corrected chi connectivity index (χ2v) is 9.94. The predicted molar refractivity (Wildman–Crippen MR) is 138 cm³/mol. The molecule has 208 valence electrons. The Balaban J connectivity index is 0.00000121. The monoisotopic (exact) mass is 543 g/mol. The molecule has 4 rings (SSSR count). The molecular formula is C23H38FN7O5S. The molecule has 3 fully saturated rings. The number of morpholine rings is 1. The molecule has 1 aromatic heterocycles. The normalized spacial score (nSPS) is 20.9. The number of carbonyl (C=O) groups excluding carboxylic acids is 2. The maximum absolute atomic E-state index is 15.4. The molecule has 14 heteroatoms. The number of rotatable bonds is 9. The van der Waals surface area contributed by atoms with Crippen molar-refractivity contribution in [1.82, 2.24) is 25.4 Å². The van der Waals surface area contributed by atoms with Crippen molar-refractivity contribution in [3.63, 3.8) is 0 Å². The number of hydrogen-bond donors (Lipinski definition) is 4. The van der Waals surface area contributed by atoms with E-state index in [0.717, 1.165) is 50.8 Å². The Labute approximate surface area is 221 Å². The van der Waals surface area contributed by atoms with E-state index in [-0.39, 0.29) is 30.6 Å². The molecule has 0 bridgehead atoms. The molecule has 2 aliphatic heterocycles. The van der Waals surface area contributed by atoms with Crippen molar-refractivity contribution in [2.75, 3.05) is 62.5 Å². The third-order valence-electron chi connectivity index (χ3n) is 6.98. The Hall–Kier alpha value is -2.26. The van der Waals surface area contributed by atoms with E-state index in [1.807, 2.05) is 4.90 Å². The van der Waals surface area contributed by atoms with Gasteiger partial charge in [-0.25, -0.2) is 15.0 Å². The van der Waals surface area contributed by atoms with Crippen molar-refractivity contribution in [3.8, 4) is 0 Å². The lowest BCUT2D eigenvalue weighted by molar-refractivity contribution is -0.154. The number of aromatic nitrogens is 2. The zero-order valence-electron chi connectivity index (χ0n) is 21.4. The molecule has 2 unspecified atom stereocenters. The molecule has 37 heavy (non-hydrogen) atoms. The van der Waals surface area contributed by atoms with Crippen molar-refractivity contribution in [3.05, 3.63) is 11.6 Å². The van der Waals surface area contributed by atoms with Crippen molar-refractivity contribution < 1.29 is 28.5 Å². The summed E-state index contributed by atoms with van der Waals surface area (Å²) in [6.45, 7) is 5.78. The molecule has 0 radical (unpaired) electrons. The topological polar surface area (TPSA) is 143 Å². The summed E-state index contributed by atoms with van der Waals surface area (Å²) < 4.78 is 28.4. The summed E-state index contributed by atoms with van der Waals surface area (Å²) in [4.78, 5) is 36.5. The molecule has 3 aliphatic rings. The minimum Gasteiger partial charge on any atom is -0.378 e. The number of aryl methyl sites for hydroxylation is 1. The van der Waals surface area contributed by atoms with Crippen LogP contribution in [0, 0.1) is 24.6 Å². The van der Waals surface area contributed by atoms with Crippen LogP contribution in [0.15, 0.2) is 0 Å². The van der Waals surface area contributed by atoms with Gasteiger partial charge < -0.3 is 14.2 Å². The maximum Gasteiger partial charge on any atom is 0.243 e. The van der Waals surface area contributed by atoms with Gasteiger partial charge in [0.2, 0.25) is 18.1 Å². The van der Waals surface area contributed by atoms with Gasteiger partial charge in [0, 0.05) is 32.4 Å². The first kappa shape index (κ1) is 29.3. The highest BCUT2D eigenvalue weighted by Gasteiger charge is 2.32. The summed E-state index contributed by atoms with van der Waals surface area (Å²) in [7, 11) is 0. The molecule has 4 N–H and O–H groups in total. The number of hydroxylamine groups is 2. The van der Waals surface area contributed by atoms with Gasteiger partial charge in [-0.1, -0.05) is 25.7 Å². The first-order valence-electron chi connectivity index (χ1n) is 12.6. The van der Waals surface area contributed by atoms with Crippen molar-refractivity contribution in [1.29, 1.82) is 0 Å². The number of nitrogens with zero attached hydrogens (tertiary/aromatic N) is 5. The lowest BCUT2D eigenvalue weighted by Crippen LogP contribution is -2.58. The van der Waals surface area contributed by atoms with Gasteiger partial charge >= 0.3 is 0 Å². The molecule has 2 amide bonds. The van der Waals surface area contributed by atoms with Crippen LogP contribution in [-0.2, 0) is 14.3 Å². The molecule has 2 atom stereocenters. The molecule has 1 aromatic rings. The van der Waals surface area contributed by atoms with E-state index in [4.69, 9.17) is 9.29 Å². The average molecular weight is 544 g/mol. The summed E-state index contributed by atoms with van der Waals surface area (Å²) in [6.07, 6.45) is 6.69. The van der Waals surface area contributed by atoms with Gasteiger partial charge in [-0.2, -0.15) is 4.39 Å². The Bertz CT molecular complexity index is 895. The minimum atomic E-state index is -0.639. The van der Waals surface area contributed by atoms with Crippen LogP contribution in [0.4, 0.5) is 16.0 Å². The third kappa shape index (κ3) is 8.37. The van der Waals surface area contributed by atoms with Gasteiger partial charge in [0.15, 0.2) is 11.6 Å². The van der Waals surface area contributed by atoms with E-state index in [9.17, 15) is 14.8 Å². The van der Waals surface area contributed by atoms with Gasteiger partial charge in [-0.15, -0.1) is 0 Å². The summed E-state index contributed by atoms with van der Waals surface area (Å²) >= 11 is 0.750. The van der Waals surface area contributed by atoms with E-state index in [1.54, 1.807) is 13.2 Å². The smallest absolute Gasteiger partial charge is 0.243 e. The van der Waals surface area contributed by atoms with Crippen LogP contribution in [0.2, 0.25) is 0 Å². The highest BCUT2D eigenvalue weighted by atomic mass is 32.2. The average Bonchev–Trinajstić information content (AvgIpc) is 3.41. The standard InChI is InChI=1S/C22H34FN7O4.CH4OS/c1-15-24-20(19(23)21(25-15)29-7-6-28-8-9-34-13-18(28)12-29)26-27-22(32)17(11-30(33)14-31)10-16-4-2-3-5-16;1-3-2/h14,16-18,33H,2-13H2,1H3,(H,27,32)(H,24,25,26);2H,1H3. The zero-order chi connectivity index (χ0) is 26.8. The summed E-state index contributed by atoms with van der Waals surface area (Å²) in [6, 6.07) is 0.184. The zero-order valence-corrected chi connectivity index (χ0v) is 22.3. The predicted octanol–water partition coefficient (Wildman–Crippen LogP) is 1.75.